The van der Waals surface area contributed by atoms with Crippen molar-refractivity contribution in [1.82, 2.24) is 4.31 Å². The fraction of sp³-hybridized carbons (Fsp3) is 0.417. The standard InChI is InChI=1S/C12H16ClNO5S/c1-8(2)14(7-12(15)16)20(17,18)9-4-5-11(19-3)10(13)6-9/h4-6,8H,7H2,1-3H3,(H,15,16). The Balaban J connectivity index is 3.26. The molecule has 112 valence electrons. The second-order valence-electron chi connectivity index (χ2n) is 4.33. The summed E-state index contributed by atoms with van der Waals surface area (Å²) in [5.41, 5.74) is 0. The van der Waals surface area contributed by atoms with Crippen LogP contribution in [0.15, 0.2) is 23.1 Å². The number of aliphatic carboxylic acids is 1. The van der Waals surface area contributed by atoms with E-state index in [1.165, 1.54) is 25.3 Å². The van der Waals surface area contributed by atoms with Crippen LogP contribution in [0.3, 0.4) is 0 Å². The molecule has 1 rings (SSSR count). The average molecular weight is 322 g/mol. The van der Waals surface area contributed by atoms with Gasteiger partial charge in [-0.05, 0) is 32.0 Å². The van der Waals surface area contributed by atoms with E-state index in [4.69, 9.17) is 21.4 Å². The molecule has 0 unspecified atom stereocenters. The molecule has 0 aromatic heterocycles. The number of sulfonamides is 1. The first-order valence-corrected chi connectivity index (χ1v) is 7.59. The maximum atomic E-state index is 12.4. The second kappa shape index (κ2) is 6.43. The first-order valence-electron chi connectivity index (χ1n) is 5.77. The summed E-state index contributed by atoms with van der Waals surface area (Å²) < 4.78 is 30.7. The zero-order valence-corrected chi connectivity index (χ0v) is 12.9. The number of rotatable bonds is 6. The van der Waals surface area contributed by atoms with E-state index in [1.807, 2.05) is 0 Å². The Morgan fingerprint density at radius 1 is 1.45 bits per heavy atom. The number of carbonyl (C=O) groups is 1. The van der Waals surface area contributed by atoms with Crippen molar-refractivity contribution in [3.05, 3.63) is 23.2 Å². The smallest absolute Gasteiger partial charge is 0.318 e. The molecule has 0 aliphatic rings. The van der Waals surface area contributed by atoms with Gasteiger partial charge < -0.3 is 9.84 Å². The van der Waals surface area contributed by atoms with Gasteiger partial charge in [-0.2, -0.15) is 4.31 Å². The molecule has 0 aliphatic carbocycles. The van der Waals surface area contributed by atoms with Gasteiger partial charge in [-0.3, -0.25) is 4.79 Å². The fourth-order valence-corrected chi connectivity index (χ4v) is 3.56. The summed E-state index contributed by atoms with van der Waals surface area (Å²) in [6.45, 7) is 2.60. The first kappa shape index (κ1) is 16.7. The van der Waals surface area contributed by atoms with E-state index >= 15 is 0 Å². The molecule has 1 aromatic carbocycles. The SMILES string of the molecule is COc1ccc(S(=O)(=O)N(CC(=O)O)C(C)C)cc1Cl. The third-order valence-electron chi connectivity index (χ3n) is 2.60. The van der Waals surface area contributed by atoms with Crippen LogP contribution >= 0.6 is 11.6 Å². The van der Waals surface area contributed by atoms with Gasteiger partial charge in [-0.25, -0.2) is 8.42 Å². The van der Waals surface area contributed by atoms with Gasteiger partial charge in [-0.1, -0.05) is 11.6 Å². The zero-order valence-electron chi connectivity index (χ0n) is 11.3. The van der Waals surface area contributed by atoms with Gasteiger partial charge in [0.2, 0.25) is 10.0 Å². The van der Waals surface area contributed by atoms with Crippen LogP contribution in [-0.4, -0.2) is 43.5 Å². The minimum atomic E-state index is -3.93. The number of hydrogen-bond acceptors (Lipinski definition) is 4. The number of nitrogens with zero attached hydrogens (tertiary/aromatic N) is 1. The van der Waals surface area contributed by atoms with Crippen molar-refractivity contribution in [2.24, 2.45) is 0 Å². The Bertz CT molecular complexity index is 600. The highest BCUT2D eigenvalue weighted by molar-refractivity contribution is 7.89. The molecular formula is C12H16ClNO5S. The lowest BCUT2D eigenvalue weighted by Crippen LogP contribution is -2.40. The van der Waals surface area contributed by atoms with Crippen LogP contribution in [0.4, 0.5) is 0 Å². The predicted molar refractivity (Wildman–Crippen MR) is 74.7 cm³/mol. The molecule has 0 aliphatic heterocycles. The van der Waals surface area contributed by atoms with Crippen molar-refractivity contribution in [3.8, 4) is 5.75 Å². The first-order chi connectivity index (χ1) is 9.20. The summed E-state index contributed by atoms with van der Waals surface area (Å²) in [4.78, 5) is 10.7. The summed E-state index contributed by atoms with van der Waals surface area (Å²) in [7, 11) is -2.51. The molecular weight excluding hydrogens is 306 g/mol. The summed E-state index contributed by atoms with van der Waals surface area (Å²) in [6.07, 6.45) is 0. The Hall–Kier alpha value is -1.31. The van der Waals surface area contributed by atoms with E-state index in [0.717, 1.165) is 4.31 Å². The number of carboxylic acids is 1. The van der Waals surface area contributed by atoms with Gasteiger partial charge >= 0.3 is 5.97 Å². The van der Waals surface area contributed by atoms with Crippen LogP contribution < -0.4 is 4.74 Å². The lowest BCUT2D eigenvalue weighted by atomic mass is 10.3. The van der Waals surface area contributed by atoms with Crippen LogP contribution in [-0.2, 0) is 14.8 Å². The van der Waals surface area contributed by atoms with Crippen molar-refractivity contribution < 1.29 is 23.1 Å². The molecule has 8 heteroatoms. The minimum absolute atomic E-state index is 0.0711. The fourth-order valence-electron chi connectivity index (χ4n) is 1.62. The van der Waals surface area contributed by atoms with E-state index in [-0.39, 0.29) is 9.92 Å². The normalized spacial score (nSPS) is 11.9. The predicted octanol–water partition coefficient (Wildman–Crippen LogP) is 1.83. The molecule has 1 N–H and O–H groups in total. The second-order valence-corrected chi connectivity index (χ2v) is 6.63. The van der Waals surface area contributed by atoms with Crippen LogP contribution in [0.1, 0.15) is 13.8 Å². The van der Waals surface area contributed by atoms with Crippen molar-refractivity contribution in [2.45, 2.75) is 24.8 Å². The third-order valence-corrected chi connectivity index (χ3v) is 4.91. The molecule has 0 radical (unpaired) electrons. The molecule has 0 fully saturated rings. The zero-order chi connectivity index (χ0) is 15.5. The maximum Gasteiger partial charge on any atom is 0.318 e. The van der Waals surface area contributed by atoms with Crippen LogP contribution in [0.5, 0.6) is 5.75 Å². The summed E-state index contributed by atoms with van der Waals surface area (Å²) in [6, 6.07) is 3.51. The van der Waals surface area contributed by atoms with E-state index in [0.29, 0.717) is 5.75 Å². The van der Waals surface area contributed by atoms with Crippen molar-refractivity contribution in [3.63, 3.8) is 0 Å². The number of methoxy groups -OCH3 is 1. The van der Waals surface area contributed by atoms with Crippen LogP contribution in [0, 0.1) is 0 Å². The van der Waals surface area contributed by atoms with Gasteiger partial charge in [0.1, 0.15) is 12.3 Å². The number of carboxylic acid groups (broad SMARTS) is 1. The monoisotopic (exact) mass is 321 g/mol. The Morgan fingerprint density at radius 2 is 2.05 bits per heavy atom. The lowest BCUT2D eigenvalue weighted by molar-refractivity contribution is -0.137. The van der Waals surface area contributed by atoms with E-state index < -0.39 is 28.6 Å². The van der Waals surface area contributed by atoms with Crippen LogP contribution in [0.25, 0.3) is 0 Å². The molecule has 0 amide bonds. The molecule has 0 bridgehead atoms. The van der Waals surface area contributed by atoms with Crippen molar-refractivity contribution in [2.75, 3.05) is 13.7 Å². The topological polar surface area (TPSA) is 83.9 Å². The highest BCUT2D eigenvalue weighted by Gasteiger charge is 2.29. The molecule has 6 nitrogen and oxygen atoms in total. The van der Waals surface area contributed by atoms with Gasteiger partial charge in [0.25, 0.3) is 0 Å². The molecule has 0 spiro atoms. The number of ether oxygens (including phenoxy) is 1. The van der Waals surface area contributed by atoms with E-state index in [2.05, 4.69) is 0 Å². The molecule has 0 heterocycles. The molecule has 0 atom stereocenters. The van der Waals surface area contributed by atoms with Crippen molar-refractivity contribution >= 4 is 27.6 Å². The number of benzene rings is 1. The Labute approximate surface area is 123 Å². The summed E-state index contributed by atoms with van der Waals surface area (Å²) in [5.74, 6) is -0.873. The molecule has 1 aromatic rings. The quantitative estimate of drug-likeness (QED) is 0.864. The molecule has 0 saturated carbocycles. The number of halogens is 1. The van der Waals surface area contributed by atoms with Gasteiger partial charge in [0.05, 0.1) is 17.0 Å². The minimum Gasteiger partial charge on any atom is -0.495 e. The highest BCUT2D eigenvalue weighted by atomic mass is 35.5. The Morgan fingerprint density at radius 3 is 2.45 bits per heavy atom. The highest BCUT2D eigenvalue weighted by Crippen LogP contribution is 2.28. The van der Waals surface area contributed by atoms with Gasteiger partial charge in [0.15, 0.2) is 0 Å². The third kappa shape index (κ3) is 3.62. The largest absolute Gasteiger partial charge is 0.495 e. The summed E-state index contributed by atoms with van der Waals surface area (Å²) in [5, 5.41) is 8.97. The summed E-state index contributed by atoms with van der Waals surface area (Å²) >= 11 is 5.90. The Kier molecular flexibility index (Phi) is 5.38. The van der Waals surface area contributed by atoms with E-state index in [9.17, 15) is 13.2 Å². The van der Waals surface area contributed by atoms with E-state index in [1.54, 1.807) is 13.8 Å². The van der Waals surface area contributed by atoms with Crippen LogP contribution in [0.2, 0.25) is 5.02 Å². The molecule has 20 heavy (non-hydrogen) atoms. The molecule has 0 saturated heterocycles. The number of hydrogen-bond donors (Lipinski definition) is 1. The average Bonchev–Trinajstić information content (AvgIpc) is 2.35. The lowest BCUT2D eigenvalue weighted by Gasteiger charge is -2.24. The van der Waals surface area contributed by atoms with Crippen molar-refractivity contribution in [1.29, 1.82) is 0 Å². The maximum absolute atomic E-state index is 12.4. The van der Waals surface area contributed by atoms with Gasteiger partial charge in [-0.15, -0.1) is 0 Å². The van der Waals surface area contributed by atoms with Gasteiger partial charge in [0, 0.05) is 6.04 Å².